The molecule has 21 heavy (non-hydrogen) atoms. The van der Waals surface area contributed by atoms with Crippen molar-refractivity contribution >= 4 is 25.8 Å². The molecule has 0 amide bonds. The first-order valence-corrected chi connectivity index (χ1v) is 12.0. The third-order valence-electron chi connectivity index (χ3n) is 2.98. The standard InChI is InChI=1S/C17H26O2SSi/c1-14(18)19-17(8-6-7-13-21(3,4)5)15-9-11-16(20-2)12-10-15/h6-7,9-12,17H,8,13H2,1-5H3/b7-6-/i1D3. The second-order valence-corrected chi connectivity index (χ2v) is 12.5. The topological polar surface area (TPSA) is 26.3 Å². The Bertz CT molecular complexity index is 563. The molecule has 0 saturated heterocycles. The molecule has 0 radical (unpaired) electrons. The summed E-state index contributed by atoms with van der Waals surface area (Å²) in [4.78, 5) is 12.9. The molecule has 1 aromatic rings. The summed E-state index contributed by atoms with van der Waals surface area (Å²) in [6.45, 7) is 4.11. The van der Waals surface area contributed by atoms with E-state index in [2.05, 4.69) is 25.7 Å². The van der Waals surface area contributed by atoms with E-state index in [1.54, 1.807) is 11.8 Å². The van der Waals surface area contributed by atoms with E-state index in [0.717, 1.165) is 16.5 Å². The van der Waals surface area contributed by atoms with E-state index < -0.39 is 27.0 Å². The number of ether oxygens (including phenoxy) is 1. The third-order valence-corrected chi connectivity index (χ3v) is 5.19. The van der Waals surface area contributed by atoms with E-state index in [9.17, 15) is 4.79 Å². The van der Waals surface area contributed by atoms with E-state index >= 15 is 0 Å². The predicted octanol–water partition coefficient (Wildman–Crippen LogP) is 5.30. The summed E-state index contributed by atoms with van der Waals surface area (Å²) in [7, 11) is -1.17. The van der Waals surface area contributed by atoms with Crippen LogP contribution in [0.5, 0.6) is 0 Å². The zero-order valence-electron chi connectivity index (χ0n) is 16.2. The average molecular weight is 326 g/mol. The fourth-order valence-corrected chi connectivity index (χ4v) is 3.14. The van der Waals surface area contributed by atoms with Crippen LogP contribution >= 0.6 is 11.8 Å². The molecule has 0 aliphatic rings. The molecule has 0 aliphatic heterocycles. The Balaban J connectivity index is 2.88. The Morgan fingerprint density at radius 2 is 2.00 bits per heavy atom. The summed E-state index contributed by atoms with van der Waals surface area (Å²) in [6, 6.07) is 8.70. The second-order valence-electron chi connectivity index (χ2n) is 6.14. The zero-order valence-corrected chi connectivity index (χ0v) is 15.0. The van der Waals surface area contributed by atoms with Crippen molar-refractivity contribution in [1.82, 2.24) is 0 Å². The Morgan fingerprint density at radius 1 is 1.33 bits per heavy atom. The Morgan fingerprint density at radius 3 is 2.52 bits per heavy atom. The molecule has 4 heteroatoms. The average Bonchev–Trinajstić information content (AvgIpc) is 2.48. The van der Waals surface area contributed by atoms with Gasteiger partial charge in [0.25, 0.3) is 0 Å². The van der Waals surface area contributed by atoms with Crippen LogP contribution in [0, 0.1) is 0 Å². The van der Waals surface area contributed by atoms with Gasteiger partial charge in [-0.05, 0) is 30.0 Å². The van der Waals surface area contributed by atoms with Crippen molar-refractivity contribution < 1.29 is 13.6 Å². The quantitative estimate of drug-likeness (QED) is 0.294. The summed E-state index contributed by atoms with van der Waals surface area (Å²) in [5.41, 5.74) is 0.808. The first-order valence-electron chi connectivity index (χ1n) is 8.53. The largest absolute Gasteiger partial charge is 0.457 e. The number of hydrogen-bond donors (Lipinski definition) is 0. The van der Waals surface area contributed by atoms with Crippen LogP contribution in [-0.4, -0.2) is 20.3 Å². The summed E-state index contributed by atoms with van der Waals surface area (Å²) >= 11 is 1.62. The maximum absolute atomic E-state index is 11.8. The van der Waals surface area contributed by atoms with Crippen molar-refractivity contribution in [1.29, 1.82) is 0 Å². The van der Waals surface area contributed by atoms with Crippen LogP contribution in [0.3, 0.4) is 0 Å². The molecule has 1 aromatic carbocycles. The minimum absolute atomic E-state index is 0.477. The molecule has 0 fully saturated rings. The number of carbonyl (C=O) groups is 1. The highest BCUT2D eigenvalue weighted by Gasteiger charge is 2.14. The molecular weight excluding hydrogens is 296 g/mol. The van der Waals surface area contributed by atoms with Gasteiger partial charge in [0, 0.05) is 30.4 Å². The molecule has 1 unspecified atom stereocenters. The lowest BCUT2D eigenvalue weighted by molar-refractivity contribution is -0.146. The van der Waals surface area contributed by atoms with Gasteiger partial charge >= 0.3 is 5.97 Å². The first kappa shape index (κ1) is 13.6. The van der Waals surface area contributed by atoms with Gasteiger partial charge in [-0.2, -0.15) is 0 Å². The van der Waals surface area contributed by atoms with Crippen molar-refractivity contribution in [2.45, 2.75) is 50.0 Å². The molecule has 1 rings (SSSR count). The van der Waals surface area contributed by atoms with Crippen molar-refractivity contribution in [3.63, 3.8) is 0 Å². The number of allylic oxidation sites excluding steroid dienone is 1. The molecular formula is C17H26O2SSi. The maximum Gasteiger partial charge on any atom is 0.303 e. The van der Waals surface area contributed by atoms with Gasteiger partial charge in [-0.25, -0.2) is 0 Å². The number of hydrogen-bond acceptors (Lipinski definition) is 3. The number of carbonyl (C=O) groups excluding carboxylic acids is 1. The van der Waals surface area contributed by atoms with Gasteiger partial charge in [0.1, 0.15) is 6.10 Å². The fraction of sp³-hybridized carbons (Fsp3) is 0.471. The molecule has 0 N–H and O–H groups in total. The Labute approximate surface area is 138 Å². The third kappa shape index (κ3) is 7.53. The second kappa shape index (κ2) is 8.44. The number of rotatable bonds is 7. The van der Waals surface area contributed by atoms with Crippen molar-refractivity contribution in [2.24, 2.45) is 0 Å². The minimum atomic E-state index is -2.74. The van der Waals surface area contributed by atoms with Gasteiger partial charge in [-0.3, -0.25) is 4.79 Å². The molecule has 1 atom stereocenters. The zero-order chi connectivity index (χ0) is 18.4. The van der Waals surface area contributed by atoms with E-state index in [0.29, 0.717) is 6.42 Å². The molecule has 0 aliphatic carbocycles. The van der Waals surface area contributed by atoms with Crippen LogP contribution < -0.4 is 0 Å². The van der Waals surface area contributed by atoms with Crippen LogP contribution in [0.1, 0.15) is 29.1 Å². The lowest BCUT2D eigenvalue weighted by atomic mass is 10.1. The molecule has 0 saturated carbocycles. The molecule has 116 valence electrons. The van der Waals surface area contributed by atoms with Crippen LogP contribution in [0.25, 0.3) is 0 Å². The van der Waals surface area contributed by atoms with Crippen LogP contribution in [0.4, 0.5) is 0 Å². The highest BCUT2D eigenvalue weighted by Crippen LogP contribution is 2.25. The van der Waals surface area contributed by atoms with Gasteiger partial charge in [0.2, 0.25) is 0 Å². The maximum atomic E-state index is 11.8. The summed E-state index contributed by atoms with van der Waals surface area (Å²) in [5.74, 6) is -1.15. The molecule has 0 aromatic heterocycles. The molecule has 0 bridgehead atoms. The SMILES string of the molecule is [2H]C([2H])([2H])C(=O)OC(C/C=C\C[Si](C)(C)C)c1ccc(SC)cc1. The lowest BCUT2D eigenvalue weighted by Crippen LogP contribution is -2.17. The number of benzene rings is 1. The smallest absolute Gasteiger partial charge is 0.303 e. The Hall–Kier alpha value is -1.00. The fourth-order valence-electron chi connectivity index (χ4n) is 1.86. The van der Waals surface area contributed by atoms with E-state index in [4.69, 9.17) is 8.85 Å². The predicted molar refractivity (Wildman–Crippen MR) is 94.6 cm³/mol. The highest BCUT2D eigenvalue weighted by atomic mass is 32.2. The molecule has 2 nitrogen and oxygen atoms in total. The van der Waals surface area contributed by atoms with Gasteiger partial charge in [-0.15, -0.1) is 11.8 Å². The van der Waals surface area contributed by atoms with Gasteiger partial charge in [0.15, 0.2) is 0 Å². The monoisotopic (exact) mass is 325 g/mol. The van der Waals surface area contributed by atoms with Crippen LogP contribution in [0.15, 0.2) is 41.3 Å². The van der Waals surface area contributed by atoms with Gasteiger partial charge in [-0.1, -0.05) is 43.9 Å². The van der Waals surface area contributed by atoms with Gasteiger partial charge < -0.3 is 4.74 Å². The van der Waals surface area contributed by atoms with Crippen molar-refractivity contribution in [3.05, 3.63) is 42.0 Å². The summed E-state index contributed by atoms with van der Waals surface area (Å²) in [5, 5.41) is 0. The van der Waals surface area contributed by atoms with Crippen molar-refractivity contribution in [2.75, 3.05) is 6.26 Å². The van der Waals surface area contributed by atoms with E-state index in [1.165, 1.54) is 0 Å². The Kier molecular flexibility index (Phi) is 5.49. The van der Waals surface area contributed by atoms with Gasteiger partial charge in [0.05, 0.1) is 0 Å². The minimum Gasteiger partial charge on any atom is -0.457 e. The van der Waals surface area contributed by atoms with Crippen LogP contribution in [-0.2, 0) is 9.53 Å². The highest BCUT2D eigenvalue weighted by molar-refractivity contribution is 7.98. The normalized spacial score (nSPS) is 16.1. The molecule has 0 heterocycles. The number of thioether (sulfide) groups is 1. The summed E-state index contributed by atoms with van der Waals surface area (Å²) < 4.78 is 26.8. The first-order chi connectivity index (χ1) is 11.0. The summed E-state index contributed by atoms with van der Waals surface area (Å²) in [6.07, 6.45) is 5.98. The molecule has 0 spiro atoms. The van der Waals surface area contributed by atoms with E-state index in [-0.39, 0.29) is 0 Å². The lowest BCUT2D eigenvalue weighted by Gasteiger charge is -2.17. The number of esters is 1. The van der Waals surface area contributed by atoms with Crippen LogP contribution in [0.2, 0.25) is 25.7 Å². The van der Waals surface area contributed by atoms with E-state index in [1.807, 2.05) is 36.6 Å². The van der Waals surface area contributed by atoms with Crippen molar-refractivity contribution in [3.8, 4) is 0 Å².